The number of azo groups is 1. The molecule has 0 bridgehead atoms. The van der Waals surface area contributed by atoms with Gasteiger partial charge in [-0.05, 0) is 85.6 Å². The van der Waals surface area contributed by atoms with Crippen molar-refractivity contribution in [1.82, 2.24) is 4.57 Å². The molecular weight excluding hydrogens is 484 g/mol. The number of rotatable bonds is 4. The number of hydrogen-bond donors (Lipinski definition) is 2. The van der Waals surface area contributed by atoms with Crippen LogP contribution in [0.2, 0.25) is 0 Å². The van der Waals surface area contributed by atoms with Crippen LogP contribution in [0.4, 0.5) is 11.4 Å². The van der Waals surface area contributed by atoms with Crippen molar-refractivity contribution in [1.29, 1.82) is 0 Å². The number of nitrogens with zero attached hydrogens (tertiary/aromatic N) is 3. The fourth-order valence-electron chi connectivity index (χ4n) is 3.58. The monoisotopic (exact) mass is 506 g/mol. The Labute approximate surface area is 200 Å². The molecule has 0 aliphatic heterocycles. The largest absolute Gasteiger partial charge is 0.493 e. The molecule has 0 saturated heterocycles. The van der Waals surface area contributed by atoms with Crippen molar-refractivity contribution >= 4 is 55.5 Å². The zero-order chi connectivity index (χ0) is 22.8. The number of fused-ring (bicyclic) bond motifs is 1. The molecule has 2 N–H and O–H groups in total. The van der Waals surface area contributed by atoms with E-state index in [9.17, 15) is 5.11 Å². The van der Waals surface area contributed by atoms with Crippen LogP contribution < -0.4 is 5.32 Å². The standard InChI is InChI=1S/C25H23BrN4OS/c1-15-8-10-20(12-17(15)3)27-25(32)29-28-23-21-13-19(26)9-11-22(21)30(24(23)31)14-18-7-5-4-6-16(18)2/h4-13,31H,14H2,1-3H3,(H,27,32). The molecule has 0 atom stereocenters. The van der Waals surface area contributed by atoms with E-state index in [2.05, 4.69) is 57.5 Å². The second-order valence-electron chi connectivity index (χ2n) is 7.78. The number of benzene rings is 3. The Kier molecular flexibility index (Phi) is 6.39. The zero-order valence-electron chi connectivity index (χ0n) is 18.1. The highest BCUT2D eigenvalue weighted by Crippen LogP contribution is 2.40. The van der Waals surface area contributed by atoms with E-state index in [1.807, 2.05) is 60.0 Å². The van der Waals surface area contributed by atoms with Crippen LogP contribution in [0.1, 0.15) is 22.3 Å². The van der Waals surface area contributed by atoms with Crippen molar-refractivity contribution in [3.8, 4) is 5.88 Å². The lowest BCUT2D eigenvalue weighted by atomic mass is 10.1. The summed E-state index contributed by atoms with van der Waals surface area (Å²) in [7, 11) is 0. The Morgan fingerprint density at radius 1 is 1.00 bits per heavy atom. The molecular formula is C25H23BrN4OS. The average molecular weight is 507 g/mol. The van der Waals surface area contributed by atoms with E-state index in [1.54, 1.807) is 0 Å². The summed E-state index contributed by atoms with van der Waals surface area (Å²) in [5, 5.41) is 23.7. The van der Waals surface area contributed by atoms with Gasteiger partial charge in [-0.2, -0.15) is 0 Å². The van der Waals surface area contributed by atoms with Crippen molar-refractivity contribution in [3.63, 3.8) is 0 Å². The molecule has 32 heavy (non-hydrogen) atoms. The summed E-state index contributed by atoms with van der Waals surface area (Å²) in [4.78, 5) is 0. The van der Waals surface area contributed by atoms with Crippen LogP contribution in [0.3, 0.4) is 0 Å². The van der Waals surface area contributed by atoms with E-state index in [-0.39, 0.29) is 11.0 Å². The van der Waals surface area contributed by atoms with E-state index >= 15 is 0 Å². The molecule has 0 amide bonds. The van der Waals surface area contributed by atoms with Crippen LogP contribution in [-0.4, -0.2) is 14.8 Å². The highest BCUT2D eigenvalue weighted by molar-refractivity contribution is 9.10. The Morgan fingerprint density at radius 3 is 2.53 bits per heavy atom. The Hall–Kier alpha value is -3.03. The third-order valence-corrected chi connectivity index (χ3v) is 6.24. The molecule has 162 valence electrons. The maximum Gasteiger partial charge on any atom is 0.221 e. The van der Waals surface area contributed by atoms with Crippen molar-refractivity contribution in [2.45, 2.75) is 27.3 Å². The Balaban J connectivity index is 1.68. The lowest BCUT2D eigenvalue weighted by Crippen LogP contribution is -2.05. The highest BCUT2D eigenvalue weighted by atomic mass is 79.9. The third kappa shape index (κ3) is 4.59. The number of thiocarbonyl (C=S) groups is 1. The first-order valence-corrected chi connectivity index (χ1v) is 11.4. The van der Waals surface area contributed by atoms with Crippen LogP contribution >= 0.6 is 28.1 Å². The van der Waals surface area contributed by atoms with Gasteiger partial charge in [0.2, 0.25) is 11.0 Å². The fraction of sp³-hybridized carbons (Fsp3) is 0.160. The summed E-state index contributed by atoms with van der Waals surface area (Å²) in [5.41, 5.74) is 6.77. The maximum atomic E-state index is 11.1. The quantitative estimate of drug-likeness (QED) is 0.221. The van der Waals surface area contributed by atoms with Gasteiger partial charge in [0.15, 0.2) is 5.69 Å². The fourth-order valence-corrected chi connectivity index (χ4v) is 4.09. The molecule has 4 aromatic rings. The SMILES string of the molecule is Cc1ccc(NC(=S)N=Nc2c(O)n(Cc3ccccc3C)c3ccc(Br)cc23)cc1C. The number of aromatic hydroxyl groups is 1. The van der Waals surface area contributed by atoms with Gasteiger partial charge in [-0.1, -0.05) is 46.3 Å². The molecule has 3 aromatic carbocycles. The summed E-state index contributed by atoms with van der Waals surface area (Å²) in [5.74, 6) is 0.0547. The van der Waals surface area contributed by atoms with Crippen LogP contribution in [0.25, 0.3) is 10.9 Å². The minimum atomic E-state index is 0.0547. The lowest BCUT2D eigenvalue weighted by molar-refractivity contribution is 0.429. The number of aromatic nitrogens is 1. The molecule has 1 aromatic heterocycles. The second kappa shape index (κ2) is 9.22. The summed E-state index contributed by atoms with van der Waals surface area (Å²) >= 11 is 8.88. The van der Waals surface area contributed by atoms with Gasteiger partial charge in [-0.15, -0.1) is 10.2 Å². The van der Waals surface area contributed by atoms with Gasteiger partial charge in [-0.25, -0.2) is 0 Å². The van der Waals surface area contributed by atoms with Gasteiger partial charge < -0.3 is 15.0 Å². The van der Waals surface area contributed by atoms with Crippen molar-refractivity contribution in [2.24, 2.45) is 10.2 Å². The number of halogens is 1. The van der Waals surface area contributed by atoms with Crippen LogP contribution in [0.15, 0.2) is 75.4 Å². The second-order valence-corrected chi connectivity index (χ2v) is 9.08. The average Bonchev–Trinajstić information content (AvgIpc) is 3.01. The molecule has 0 spiro atoms. The van der Waals surface area contributed by atoms with Crippen molar-refractivity contribution < 1.29 is 5.11 Å². The first kappa shape index (κ1) is 22.2. The topological polar surface area (TPSA) is 61.9 Å². The van der Waals surface area contributed by atoms with E-state index < -0.39 is 0 Å². The van der Waals surface area contributed by atoms with Gasteiger partial charge in [0, 0.05) is 15.5 Å². The molecule has 0 aliphatic carbocycles. The highest BCUT2D eigenvalue weighted by Gasteiger charge is 2.18. The minimum Gasteiger partial charge on any atom is -0.493 e. The summed E-state index contributed by atoms with van der Waals surface area (Å²) in [6.45, 7) is 6.69. The molecule has 4 rings (SSSR count). The summed E-state index contributed by atoms with van der Waals surface area (Å²) < 4.78 is 2.74. The minimum absolute atomic E-state index is 0.0547. The molecule has 0 unspecified atom stereocenters. The molecule has 0 saturated carbocycles. The van der Waals surface area contributed by atoms with Crippen molar-refractivity contribution in [2.75, 3.05) is 5.32 Å². The number of nitrogens with one attached hydrogen (secondary N) is 1. The molecule has 0 fully saturated rings. The van der Waals surface area contributed by atoms with Gasteiger partial charge in [0.05, 0.1) is 12.1 Å². The normalized spacial score (nSPS) is 11.4. The summed E-state index contributed by atoms with van der Waals surface area (Å²) in [6.07, 6.45) is 0. The van der Waals surface area contributed by atoms with Gasteiger partial charge >= 0.3 is 0 Å². The van der Waals surface area contributed by atoms with Crippen LogP contribution in [-0.2, 0) is 6.54 Å². The molecule has 0 aliphatic rings. The third-order valence-electron chi connectivity index (χ3n) is 5.56. The van der Waals surface area contributed by atoms with Crippen LogP contribution in [0.5, 0.6) is 5.88 Å². The maximum absolute atomic E-state index is 11.1. The first-order valence-electron chi connectivity index (χ1n) is 10.2. The van der Waals surface area contributed by atoms with E-state index in [4.69, 9.17) is 12.2 Å². The Morgan fingerprint density at radius 2 is 1.78 bits per heavy atom. The first-order chi connectivity index (χ1) is 15.3. The van der Waals surface area contributed by atoms with Crippen molar-refractivity contribution in [3.05, 3.63) is 87.4 Å². The lowest BCUT2D eigenvalue weighted by Gasteiger charge is -2.09. The van der Waals surface area contributed by atoms with E-state index in [1.165, 1.54) is 5.56 Å². The van der Waals surface area contributed by atoms with Crippen LogP contribution in [0, 0.1) is 20.8 Å². The predicted octanol–water partition coefficient (Wildman–Crippen LogP) is 7.56. The van der Waals surface area contributed by atoms with E-state index in [0.717, 1.165) is 37.8 Å². The number of aryl methyl sites for hydroxylation is 3. The number of anilines is 1. The van der Waals surface area contributed by atoms with Gasteiger partial charge in [-0.3, -0.25) is 0 Å². The zero-order valence-corrected chi connectivity index (χ0v) is 20.5. The van der Waals surface area contributed by atoms with E-state index in [0.29, 0.717) is 12.2 Å². The molecule has 5 nitrogen and oxygen atoms in total. The Bertz CT molecular complexity index is 1360. The molecule has 7 heteroatoms. The summed E-state index contributed by atoms with van der Waals surface area (Å²) in [6, 6.07) is 20.0. The van der Waals surface area contributed by atoms with Gasteiger partial charge in [0.1, 0.15) is 0 Å². The molecule has 0 radical (unpaired) electrons. The number of hydrogen-bond acceptors (Lipinski definition) is 3. The smallest absolute Gasteiger partial charge is 0.221 e. The predicted molar refractivity (Wildman–Crippen MR) is 138 cm³/mol. The van der Waals surface area contributed by atoms with Gasteiger partial charge in [0.25, 0.3) is 0 Å². The molecule has 1 heterocycles.